The highest BCUT2D eigenvalue weighted by molar-refractivity contribution is 6.30. The molecule has 5 nitrogen and oxygen atoms in total. The van der Waals surface area contributed by atoms with Crippen molar-refractivity contribution < 1.29 is 4.39 Å². The van der Waals surface area contributed by atoms with Crippen molar-refractivity contribution in [3.63, 3.8) is 0 Å². The number of hydrogen-bond acceptors (Lipinski definition) is 4. The van der Waals surface area contributed by atoms with Crippen LogP contribution in [0.25, 0.3) is 11.1 Å². The summed E-state index contributed by atoms with van der Waals surface area (Å²) < 4.78 is 14.5. The van der Waals surface area contributed by atoms with E-state index in [2.05, 4.69) is 15.3 Å². The lowest BCUT2D eigenvalue weighted by Crippen LogP contribution is -2.24. The van der Waals surface area contributed by atoms with Crippen LogP contribution in [0.2, 0.25) is 5.02 Å². The zero-order valence-corrected chi connectivity index (χ0v) is 16.0. The third-order valence-electron chi connectivity index (χ3n) is 4.33. The SMILES string of the molecule is O=c1nc(Nc2cccc(-c3ccc(F)cc3)c2)ncn1Cc1ccc(Cl)cc1. The lowest BCUT2D eigenvalue weighted by Gasteiger charge is -2.09. The molecule has 0 saturated carbocycles. The normalized spacial score (nSPS) is 10.7. The second-order valence-electron chi connectivity index (χ2n) is 6.43. The number of aromatic nitrogens is 3. The van der Waals surface area contributed by atoms with E-state index in [-0.39, 0.29) is 11.8 Å². The quantitative estimate of drug-likeness (QED) is 0.512. The minimum Gasteiger partial charge on any atom is -0.324 e. The van der Waals surface area contributed by atoms with Gasteiger partial charge in [0.25, 0.3) is 0 Å². The van der Waals surface area contributed by atoms with E-state index < -0.39 is 5.69 Å². The molecule has 3 aromatic carbocycles. The first-order valence-electron chi connectivity index (χ1n) is 8.88. The Morgan fingerprint density at radius 1 is 0.966 bits per heavy atom. The van der Waals surface area contributed by atoms with E-state index in [9.17, 15) is 9.18 Å². The molecule has 1 N–H and O–H groups in total. The van der Waals surface area contributed by atoms with Gasteiger partial charge in [0.1, 0.15) is 12.1 Å². The van der Waals surface area contributed by atoms with Crippen LogP contribution in [0.3, 0.4) is 0 Å². The van der Waals surface area contributed by atoms with Crippen LogP contribution in [0.4, 0.5) is 16.0 Å². The molecular weight excluding hydrogens is 391 g/mol. The summed E-state index contributed by atoms with van der Waals surface area (Å²) in [4.78, 5) is 20.6. The van der Waals surface area contributed by atoms with Crippen LogP contribution in [-0.2, 0) is 6.54 Å². The Morgan fingerprint density at radius 2 is 1.72 bits per heavy atom. The van der Waals surface area contributed by atoms with Gasteiger partial charge in [-0.1, -0.05) is 48.0 Å². The molecule has 4 aromatic rings. The Labute approximate surface area is 171 Å². The molecule has 7 heteroatoms. The molecule has 4 rings (SSSR count). The maximum atomic E-state index is 13.1. The molecule has 0 spiro atoms. The van der Waals surface area contributed by atoms with E-state index >= 15 is 0 Å². The highest BCUT2D eigenvalue weighted by Gasteiger charge is 2.05. The van der Waals surface area contributed by atoms with Gasteiger partial charge in [0.2, 0.25) is 5.95 Å². The fourth-order valence-electron chi connectivity index (χ4n) is 2.86. The Hall–Kier alpha value is -3.51. The molecule has 0 aliphatic carbocycles. The number of rotatable bonds is 5. The number of anilines is 2. The maximum absolute atomic E-state index is 13.1. The van der Waals surface area contributed by atoms with E-state index in [0.717, 1.165) is 22.4 Å². The smallest absolute Gasteiger partial charge is 0.324 e. The molecule has 1 heterocycles. The molecule has 0 unspecified atom stereocenters. The molecule has 0 aliphatic rings. The molecule has 1 aromatic heterocycles. The summed E-state index contributed by atoms with van der Waals surface area (Å²) >= 11 is 5.88. The molecular formula is C22H16ClFN4O. The Kier molecular flexibility index (Phi) is 5.35. The van der Waals surface area contributed by atoms with E-state index in [1.165, 1.54) is 23.0 Å². The van der Waals surface area contributed by atoms with Gasteiger partial charge in [0, 0.05) is 10.7 Å². The second-order valence-corrected chi connectivity index (χ2v) is 6.87. The minimum absolute atomic E-state index is 0.207. The Bertz CT molecular complexity index is 1190. The van der Waals surface area contributed by atoms with Gasteiger partial charge in [-0.15, -0.1) is 0 Å². The van der Waals surface area contributed by atoms with Gasteiger partial charge < -0.3 is 5.32 Å². The summed E-state index contributed by atoms with van der Waals surface area (Å²) in [6, 6.07) is 21.0. The molecule has 144 valence electrons. The van der Waals surface area contributed by atoms with Gasteiger partial charge in [-0.3, -0.25) is 4.57 Å². The maximum Gasteiger partial charge on any atom is 0.352 e. The predicted molar refractivity (Wildman–Crippen MR) is 112 cm³/mol. The van der Waals surface area contributed by atoms with Gasteiger partial charge in [-0.05, 0) is 53.1 Å². The van der Waals surface area contributed by atoms with Crippen molar-refractivity contribution in [2.24, 2.45) is 0 Å². The van der Waals surface area contributed by atoms with Gasteiger partial charge in [-0.25, -0.2) is 14.2 Å². The number of halogens is 2. The van der Waals surface area contributed by atoms with Crippen LogP contribution in [0.1, 0.15) is 5.56 Å². The first-order chi connectivity index (χ1) is 14.1. The fraction of sp³-hybridized carbons (Fsp3) is 0.0455. The van der Waals surface area contributed by atoms with Crippen LogP contribution in [0.5, 0.6) is 0 Å². The third kappa shape index (κ3) is 4.67. The van der Waals surface area contributed by atoms with E-state index in [1.807, 2.05) is 36.4 Å². The summed E-state index contributed by atoms with van der Waals surface area (Å²) in [6.07, 6.45) is 1.45. The predicted octanol–water partition coefficient (Wildman–Crippen LogP) is 4.89. The van der Waals surface area contributed by atoms with Crippen molar-refractivity contribution >= 4 is 23.2 Å². The molecule has 0 saturated heterocycles. The van der Waals surface area contributed by atoms with Gasteiger partial charge in [0.15, 0.2) is 0 Å². The summed E-state index contributed by atoms with van der Waals surface area (Å²) in [7, 11) is 0. The average molecular weight is 407 g/mol. The number of benzene rings is 3. The van der Waals surface area contributed by atoms with Crippen molar-refractivity contribution in [1.29, 1.82) is 0 Å². The Balaban J connectivity index is 1.52. The van der Waals surface area contributed by atoms with E-state index in [1.54, 1.807) is 24.3 Å². The zero-order chi connectivity index (χ0) is 20.2. The van der Waals surface area contributed by atoms with Gasteiger partial charge >= 0.3 is 5.69 Å². The van der Waals surface area contributed by atoms with Crippen molar-refractivity contribution in [3.05, 3.63) is 106 Å². The third-order valence-corrected chi connectivity index (χ3v) is 4.58. The highest BCUT2D eigenvalue weighted by atomic mass is 35.5. The molecule has 0 radical (unpaired) electrons. The largest absolute Gasteiger partial charge is 0.352 e. The summed E-state index contributed by atoms with van der Waals surface area (Å²) in [6.45, 7) is 0.357. The lowest BCUT2D eigenvalue weighted by molar-refractivity contribution is 0.628. The van der Waals surface area contributed by atoms with Crippen LogP contribution in [0.15, 0.2) is 83.9 Å². The molecule has 0 bridgehead atoms. The topological polar surface area (TPSA) is 59.8 Å². The highest BCUT2D eigenvalue weighted by Crippen LogP contribution is 2.24. The summed E-state index contributed by atoms with van der Waals surface area (Å²) in [5, 5.41) is 3.68. The molecule has 29 heavy (non-hydrogen) atoms. The first-order valence-corrected chi connectivity index (χ1v) is 9.25. The monoisotopic (exact) mass is 406 g/mol. The van der Waals surface area contributed by atoms with Gasteiger partial charge in [0.05, 0.1) is 6.54 Å². The zero-order valence-electron chi connectivity index (χ0n) is 15.2. The molecule has 0 atom stereocenters. The standard InChI is InChI=1S/C22H16ClFN4O/c23-18-8-4-15(5-9-18)13-28-14-25-21(27-22(28)29)26-20-3-1-2-17(12-20)16-6-10-19(24)11-7-16/h1-12,14H,13H2,(H,26,27,29). The molecule has 0 aliphatic heterocycles. The number of nitrogens with one attached hydrogen (secondary N) is 1. The van der Waals surface area contributed by atoms with Crippen LogP contribution < -0.4 is 11.0 Å². The van der Waals surface area contributed by atoms with Crippen LogP contribution in [0, 0.1) is 5.82 Å². The van der Waals surface area contributed by atoms with E-state index in [0.29, 0.717) is 11.6 Å². The number of nitrogens with zero attached hydrogens (tertiary/aromatic N) is 3. The van der Waals surface area contributed by atoms with E-state index in [4.69, 9.17) is 11.6 Å². The fourth-order valence-corrected chi connectivity index (χ4v) is 2.99. The minimum atomic E-state index is -0.410. The van der Waals surface area contributed by atoms with Crippen LogP contribution >= 0.6 is 11.6 Å². The van der Waals surface area contributed by atoms with Crippen molar-refractivity contribution in [2.45, 2.75) is 6.54 Å². The molecule has 0 amide bonds. The average Bonchev–Trinajstić information content (AvgIpc) is 2.72. The lowest BCUT2D eigenvalue weighted by atomic mass is 10.1. The number of hydrogen-bond donors (Lipinski definition) is 1. The summed E-state index contributed by atoms with van der Waals surface area (Å²) in [5.41, 5.74) is 3.03. The first kappa shape index (κ1) is 18.8. The second kappa shape index (κ2) is 8.24. The van der Waals surface area contributed by atoms with Crippen molar-refractivity contribution in [1.82, 2.24) is 14.5 Å². The van der Waals surface area contributed by atoms with Crippen molar-refractivity contribution in [3.8, 4) is 11.1 Å². The summed E-state index contributed by atoms with van der Waals surface area (Å²) in [5.74, 6) is -0.0748. The molecule has 0 fully saturated rings. The van der Waals surface area contributed by atoms with Gasteiger partial charge in [-0.2, -0.15) is 4.98 Å². The van der Waals surface area contributed by atoms with Crippen LogP contribution in [-0.4, -0.2) is 14.5 Å². The van der Waals surface area contributed by atoms with Crippen molar-refractivity contribution in [2.75, 3.05) is 5.32 Å². The Morgan fingerprint density at radius 3 is 2.45 bits per heavy atom.